The molecule has 0 fully saturated rings. The molecule has 0 atom stereocenters. The lowest BCUT2D eigenvalue weighted by Crippen LogP contribution is -2.29. The number of fused-ring (bicyclic) bond motifs is 1. The molecule has 1 aliphatic rings. The quantitative estimate of drug-likeness (QED) is 0.535. The highest BCUT2D eigenvalue weighted by Gasteiger charge is 2.32. The molecule has 0 aromatic heterocycles. The van der Waals surface area contributed by atoms with E-state index in [1.165, 1.54) is 0 Å². The van der Waals surface area contributed by atoms with Gasteiger partial charge in [-0.1, -0.05) is 23.4 Å². The van der Waals surface area contributed by atoms with Crippen molar-refractivity contribution in [3.8, 4) is 0 Å². The second-order valence-corrected chi connectivity index (χ2v) is 3.02. The van der Waals surface area contributed by atoms with Gasteiger partial charge in [-0.3, -0.25) is 4.79 Å². The molecule has 0 bridgehead atoms. The summed E-state index contributed by atoms with van der Waals surface area (Å²) in [4.78, 5) is 13.2. The van der Waals surface area contributed by atoms with E-state index < -0.39 is 0 Å². The lowest BCUT2D eigenvalue weighted by atomic mass is 10.1. The van der Waals surface area contributed by atoms with Crippen LogP contribution in [-0.4, -0.2) is 23.4 Å². The van der Waals surface area contributed by atoms with E-state index in [1.807, 2.05) is 25.1 Å². The Balaban J connectivity index is 2.62. The first-order valence-corrected chi connectivity index (χ1v) is 4.43. The Labute approximate surface area is 81.5 Å². The minimum atomic E-state index is -0.240. The van der Waals surface area contributed by atoms with Gasteiger partial charge in [0.1, 0.15) is 0 Å². The first-order chi connectivity index (χ1) is 6.79. The van der Waals surface area contributed by atoms with E-state index in [9.17, 15) is 4.79 Å². The minimum absolute atomic E-state index is 0.127. The van der Waals surface area contributed by atoms with Gasteiger partial charge in [0.15, 0.2) is 5.71 Å². The number of para-hydroxylation sites is 1. The number of hydrogen-bond acceptors (Lipinski definition) is 3. The highest BCUT2D eigenvalue weighted by atomic mass is 16.4. The Morgan fingerprint density at radius 1 is 1.43 bits per heavy atom. The Hall–Kier alpha value is -1.84. The summed E-state index contributed by atoms with van der Waals surface area (Å²) in [6.45, 7) is 2.46. The fourth-order valence-corrected chi connectivity index (χ4v) is 1.67. The maximum atomic E-state index is 11.7. The third kappa shape index (κ3) is 1.00. The predicted octanol–water partition coefficient (Wildman–Crippen LogP) is 1.23. The molecule has 0 radical (unpaired) electrons. The van der Waals surface area contributed by atoms with Crippen molar-refractivity contribution in [3.63, 3.8) is 0 Å². The normalized spacial score (nSPS) is 17.6. The summed E-state index contributed by atoms with van der Waals surface area (Å²) in [7, 11) is 0. The number of benzene rings is 1. The Kier molecular flexibility index (Phi) is 1.96. The van der Waals surface area contributed by atoms with Crippen LogP contribution in [0.2, 0.25) is 0 Å². The van der Waals surface area contributed by atoms with Gasteiger partial charge in [-0.25, -0.2) is 0 Å². The van der Waals surface area contributed by atoms with Gasteiger partial charge in [0.2, 0.25) is 0 Å². The molecule has 0 saturated carbocycles. The van der Waals surface area contributed by atoms with Crippen LogP contribution in [0.3, 0.4) is 0 Å². The van der Waals surface area contributed by atoms with Gasteiger partial charge in [-0.15, -0.1) is 0 Å². The van der Waals surface area contributed by atoms with E-state index in [1.54, 1.807) is 11.0 Å². The number of anilines is 1. The molecule has 0 aliphatic carbocycles. The van der Waals surface area contributed by atoms with Gasteiger partial charge < -0.3 is 10.1 Å². The minimum Gasteiger partial charge on any atom is -0.410 e. The van der Waals surface area contributed by atoms with Gasteiger partial charge in [-0.2, -0.15) is 0 Å². The lowest BCUT2D eigenvalue weighted by Gasteiger charge is -2.12. The molecule has 2 rings (SSSR count). The zero-order valence-corrected chi connectivity index (χ0v) is 7.77. The molecule has 1 aliphatic heterocycles. The molecular weight excluding hydrogens is 180 g/mol. The van der Waals surface area contributed by atoms with E-state index >= 15 is 0 Å². The summed E-state index contributed by atoms with van der Waals surface area (Å²) in [5, 5.41) is 11.8. The molecular formula is C10H10N2O2. The molecule has 0 saturated heterocycles. The fourth-order valence-electron chi connectivity index (χ4n) is 1.67. The van der Waals surface area contributed by atoms with Crippen molar-refractivity contribution in [1.29, 1.82) is 0 Å². The van der Waals surface area contributed by atoms with Crippen LogP contribution in [0, 0.1) is 0 Å². The smallest absolute Gasteiger partial charge is 0.281 e. The second-order valence-electron chi connectivity index (χ2n) is 3.02. The summed E-state index contributed by atoms with van der Waals surface area (Å²) >= 11 is 0. The number of carbonyl (C=O) groups is 1. The van der Waals surface area contributed by atoms with E-state index in [4.69, 9.17) is 5.21 Å². The average Bonchev–Trinajstić information content (AvgIpc) is 2.49. The molecule has 1 heterocycles. The fraction of sp³-hybridized carbons (Fsp3) is 0.200. The molecule has 72 valence electrons. The van der Waals surface area contributed by atoms with Gasteiger partial charge in [0.05, 0.1) is 5.69 Å². The maximum absolute atomic E-state index is 11.7. The number of likely N-dealkylation sites (N-methyl/N-ethyl adjacent to an activating group) is 1. The van der Waals surface area contributed by atoms with Crippen LogP contribution in [0.4, 0.5) is 5.69 Å². The highest BCUT2D eigenvalue weighted by Crippen LogP contribution is 2.28. The molecule has 1 aromatic rings. The van der Waals surface area contributed by atoms with Crippen LogP contribution in [-0.2, 0) is 4.79 Å². The Bertz CT molecular complexity index is 412. The van der Waals surface area contributed by atoms with Crippen molar-refractivity contribution in [2.24, 2.45) is 5.16 Å². The third-order valence-electron chi connectivity index (χ3n) is 2.31. The second kappa shape index (κ2) is 3.14. The largest absolute Gasteiger partial charge is 0.410 e. The summed E-state index contributed by atoms with van der Waals surface area (Å²) in [6.07, 6.45) is 0. The average molecular weight is 190 g/mol. The first kappa shape index (κ1) is 8.74. The predicted molar refractivity (Wildman–Crippen MR) is 52.8 cm³/mol. The molecule has 0 unspecified atom stereocenters. The van der Waals surface area contributed by atoms with E-state index in [2.05, 4.69) is 5.16 Å². The standard InChI is InChI=1S/C10H10N2O2/c1-2-12-8-6-4-3-5-7(8)9(11-14)10(12)13/h3-6,14H,2H2,1H3/b11-9+. The number of carbonyl (C=O) groups excluding carboxylic acids is 1. The zero-order valence-electron chi connectivity index (χ0n) is 7.77. The molecule has 14 heavy (non-hydrogen) atoms. The molecule has 0 spiro atoms. The Morgan fingerprint density at radius 3 is 2.79 bits per heavy atom. The van der Waals surface area contributed by atoms with Crippen molar-refractivity contribution >= 4 is 17.3 Å². The van der Waals surface area contributed by atoms with Crippen LogP contribution < -0.4 is 4.90 Å². The summed E-state index contributed by atoms with van der Waals surface area (Å²) < 4.78 is 0. The summed E-state index contributed by atoms with van der Waals surface area (Å²) in [5.41, 5.74) is 1.64. The van der Waals surface area contributed by atoms with Crippen molar-refractivity contribution in [2.45, 2.75) is 6.92 Å². The van der Waals surface area contributed by atoms with E-state index in [0.717, 1.165) is 5.69 Å². The SMILES string of the molecule is CCN1C(=O)/C(=N/O)c2ccccc21. The Morgan fingerprint density at radius 2 is 2.14 bits per heavy atom. The van der Waals surface area contributed by atoms with Crippen molar-refractivity contribution in [2.75, 3.05) is 11.4 Å². The van der Waals surface area contributed by atoms with Crippen molar-refractivity contribution in [3.05, 3.63) is 29.8 Å². The van der Waals surface area contributed by atoms with Crippen molar-refractivity contribution < 1.29 is 10.0 Å². The topological polar surface area (TPSA) is 52.9 Å². The molecule has 4 nitrogen and oxygen atoms in total. The van der Waals surface area contributed by atoms with E-state index in [0.29, 0.717) is 12.1 Å². The van der Waals surface area contributed by atoms with Crippen molar-refractivity contribution in [1.82, 2.24) is 0 Å². The molecule has 1 amide bonds. The number of oxime groups is 1. The zero-order chi connectivity index (χ0) is 10.1. The number of nitrogens with zero attached hydrogens (tertiary/aromatic N) is 2. The van der Waals surface area contributed by atoms with Gasteiger partial charge in [0, 0.05) is 12.1 Å². The van der Waals surface area contributed by atoms with E-state index in [-0.39, 0.29) is 11.6 Å². The third-order valence-corrected chi connectivity index (χ3v) is 2.31. The molecule has 1 N–H and O–H groups in total. The molecule has 4 heteroatoms. The monoisotopic (exact) mass is 190 g/mol. The van der Waals surface area contributed by atoms with Crippen LogP contribution in [0.1, 0.15) is 12.5 Å². The van der Waals surface area contributed by atoms with Crippen LogP contribution in [0.15, 0.2) is 29.4 Å². The number of hydrogen-bond donors (Lipinski definition) is 1. The van der Waals surface area contributed by atoms with Crippen LogP contribution in [0.25, 0.3) is 0 Å². The molecule has 1 aromatic carbocycles. The number of amides is 1. The van der Waals surface area contributed by atoms with Gasteiger partial charge in [-0.05, 0) is 13.0 Å². The summed E-state index contributed by atoms with van der Waals surface area (Å²) in [6, 6.07) is 7.29. The van der Waals surface area contributed by atoms with Gasteiger partial charge in [0.25, 0.3) is 5.91 Å². The number of rotatable bonds is 1. The highest BCUT2D eigenvalue weighted by molar-refractivity contribution is 6.54. The lowest BCUT2D eigenvalue weighted by molar-refractivity contribution is -0.112. The van der Waals surface area contributed by atoms with Crippen LogP contribution >= 0.6 is 0 Å². The maximum Gasteiger partial charge on any atom is 0.281 e. The van der Waals surface area contributed by atoms with Crippen LogP contribution in [0.5, 0.6) is 0 Å². The summed E-state index contributed by atoms with van der Waals surface area (Å²) in [5.74, 6) is -0.240. The van der Waals surface area contributed by atoms with Gasteiger partial charge >= 0.3 is 0 Å². The first-order valence-electron chi connectivity index (χ1n) is 4.43.